The predicted octanol–water partition coefficient (Wildman–Crippen LogP) is 7.67. The number of carbonyl (C=O) groups is 1. The van der Waals surface area contributed by atoms with Gasteiger partial charge >= 0.3 is 5.97 Å². The number of benzene rings is 3. The number of aryl methyl sites for hydroxylation is 2. The molecular formula is C32H35ClN4O3S. The Morgan fingerprint density at radius 2 is 1.93 bits per heavy atom. The van der Waals surface area contributed by atoms with Gasteiger partial charge in [-0.3, -0.25) is 0 Å². The summed E-state index contributed by atoms with van der Waals surface area (Å²) in [6.45, 7) is 11.6. The molecule has 0 aliphatic carbocycles. The first-order chi connectivity index (χ1) is 19.5. The van der Waals surface area contributed by atoms with E-state index in [0.717, 1.165) is 69.2 Å². The molecule has 0 bridgehead atoms. The molecule has 214 valence electrons. The van der Waals surface area contributed by atoms with E-state index in [4.69, 9.17) is 21.3 Å². The van der Waals surface area contributed by atoms with Crippen LogP contribution in [0.2, 0.25) is 5.02 Å². The number of rotatable bonds is 6. The number of hydrogen-bond donors (Lipinski definition) is 3. The molecule has 2 aliphatic rings. The minimum Gasteiger partial charge on any atom is -0.479 e. The highest BCUT2D eigenvalue weighted by molar-refractivity contribution is 8.00. The van der Waals surface area contributed by atoms with E-state index in [1.165, 1.54) is 0 Å². The monoisotopic (exact) mass is 590 g/mol. The fraction of sp³-hybridized carbons (Fsp3) is 0.375. The summed E-state index contributed by atoms with van der Waals surface area (Å²) in [6.07, 6.45) is -0.0361. The minimum absolute atomic E-state index is 0.0488. The zero-order valence-corrected chi connectivity index (χ0v) is 25.5. The second kappa shape index (κ2) is 10.7. The molecule has 1 saturated heterocycles. The van der Waals surface area contributed by atoms with Crippen molar-refractivity contribution >= 4 is 46.1 Å². The summed E-state index contributed by atoms with van der Waals surface area (Å²) in [6, 6.07) is 16.5. The maximum absolute atomic E-state index is 12.6. The molecule has 9 heteroatoms. The molecule has 1 fully saturated rings. The lowest BCUT2D eigenvalue weighted by atomic mass is 9.91. The number of hydrogen-bond acceptors (Lipinski definition) is 6. The number of nitrogens with zero attached hydrogens (tertiary/aromatic N) is 2. The van der Waals surface area contributed by atoms with E-state index in [-0.39, 0.29) is 5.37 Å². The number of fused-ring (bicyclic) bond motifs is 2. The Balaban J connectivity index is 1.46. The SMILES string of the molecule is Cc1cc2c(c(-c3ccc(Cl)cc3)c1[C@H](OC(C)(C)C)C(=O)O)SC(c1ccc3nc(C)n([C@@H]4CCNC4)c3c1)N2. The highest BCUT2D eigenvalue weighted by Gasteiger charge is 2.36. The lowest BCUT2D eigenvalue weighted by Crippen LogP contribution is -2.28. The Morgan fingerprint density at radius 3 is 2.59 bits per heavy atom. The third-order valence-corrected chi connectivity index (χ3v) is 9.27. The minimum atomic E-state index is -1.13. The van der Waals surface area contributed by atoms with Gasteiger partial charge < -0.3 is 25.0 Å². The summed E-state index contributed by atoms with van der Waals surface area (Å²) in [5.41, 5.74) is 6.93. The van der Waals surface area contributed by atoms with Crippen molar-refractivity contribution < 1.29 is 14.6 Å². The van der Waals surface area contributed by atoms with Gasteiger partial charge in [0.2, 0.25) is 0 Å². The highest BCUT2D eigenvalue weighted by atomic mass is 35.5. The van der Waals surface area contributed by atoms with Gasteiger partial charge in [0.15, 0.2) is 6.10 Å². The first kappa shape index (κ1) is 28.1. The number of nitrogens with one attached hydrogen (secondary N) is 2. The van der Waals surface area contributed by atoms with E-state index in [1.54, 1.807) is 11.8 Å². The molecule has 0 amide bonds. The van der Waals surface area contributed by atoms with Crippen molar-refractivity contribution in [2.24, 2.45) is 0 Å². The van der Waals surface area contributed by atoms with E-state index >= 15 is 0 Å². The van der Waals surface area contributed by atoms with Crippen LogP contribution in [0.3, 0.4) is 0 Å². The van der Waals surface area contributed by atoms with Gasteiger partial charge in [0.1, 0.15) is 11.2 Å². The summed E-state index contributed by atoms with van der Waals surface area (Å²) in [5.74, 6) is 0.0196. The van der Waals surface area contributed by atoms with Gasteiger partial charge in [0.25, 0.3) is 0 Å². The Bertz CT molecular complexity index is 1640. The van der Waals surface area contributed by atoms with E-state index in [2.05, 4.69) is 46.4 Å². The summed E-state index contributed by atoms with van der Waals surface area (Å²) in [7, 11) is 0. The van der Waals surface area contributed by atoms with Gasteiger partial charge in [-0.15, -0.1) is 0 Å². The molecule has 7 nitrogen and oxygen atoms in total. The average molecular weight is 591 g/mol. The normalized spacial score (nSPS) is 19.4. The van der Waals surface area contributed by atoms with Crippen molar-refractivity contribution in [3.05, 3.63) is 76.1 Å². The van der Waals surface area contributed by atoms with E-state index in [9.17, 15) is 9.90 Å². The maximum atomic E-state index is 12.6. The summed E-state index contributed by atoms with van der Waals surface area (Å²) in [4.78, 5) is 18.5. The van der Waals surface area contributed by atoms with Crippen LogP contribution in [0, 0.1) is 13.8 Å². The summed E-state index contributed by atoms with van der Waals surface area (Å²) in [5, 5.41) is 18.1. The lowest BCUT2D eigenvalue weighted by molar-refractivity contribution is -0.160. The molecule has 3 atom stereocenters. The van der Waals surface area contributed by atoms with Gasteiger partial charge in [-0.2, -0.15) is 0 Å². The third kappa shape index (κ3) is 5.34. The first-order valence-electron chi connectivity index (χ1n) is 14.0. The summed E-state index contributed by atoms with van der Waals surface area (Å²) >= 11 is 7.96. The van der Waals surface area contributed by atoms with Crippen molar-refractivity contribution in [2.45, 2.75) is 69.1 Å². The number of anilines is 1. The Hall–Kier alpha value is -3.04. The molecule has 3 N–H and O–H groups in total. The first-order valence-corrected chi connectivity index (χ1v) is 15.2. The number of ether oxygens (including phenoxy) is 1. The maximum Gasteiger partial charge on any atom is 0.337 e. The number of carboxylic acids is 1. The van der Waals surface area contributed by atoms with Crippen LogP contribution >= 0.6 is 23.4 Å². The van der Waals surface area contributed by atoms with Crippen LogP contribution in [0.4, 0.5) is 5.69 Å². The van der Waals surface area contributed by atoms with Gasteiger partial charge in [-0.25, -0.2) is 9.78 Å². The fourth-order valence-electron chi connectivity index (χ4n) is 6.03. The zero-order chi connectivity index (χ0) is 29.1. The van der Waals surface area contributed by atoms with Crippen LogP contribution in [0.15, 0.2) is 53.4 Å². The van der Waals surface area contributed by atoms with Gasteiger partial charge in [-0.05, 0) is 94.6 Å². The molecule has 1 aromatic heterocycles. The van der Waals surface area contributed by atoms with Crippen LogP contribution < -0.4 is 10.6 Å². The van der Waals surface area contributed by atoms with Crippen LogP contribution in [-0.2, 0) is 9.53 Å². The number of imidazole rings is 1. The van der Waals surface area contributed by atoms with Gasteiger partial charge in [-0.1, -0.05) is 41.6 Å². The zero-order valence-electron chi connectivity index (χ0n) is 23.9. The highest BCUT2D eigenvalue weighted by Crippen LogP contribution is 2.54. The van der Waals surface area contributed by atoms with Crippen LogP contribution in [0.1, 0.15) is 67.2 Å². The van der Waals surface area contributed by atoms with E-state index < -0.39 is 17.7 Å². The van der Waals surface area contributed by atoms with Crippen molar-refractivity contribution in [3.63, 3.8) is 0 Å². The second-order valence-corrected chi connectivity index (χ2v) is 13.4. The van der Waals surface area contributed by atoms with E-state index in [0.29, 0.717) is 16.6 Å². The smallest absolute Gasteiger partial charge is 0.337 e. The largest absolute Gasteiger partial charge is 0.479 e. The molecular weight excluding hydrogens is 556 g/mol. The molecule has 2 aliphatic heterocycles. The quantitative estimate of drug-likeness (QED) is 0.212. The van der Waals surface area contributed by atoms with Crippen molar-refractivity contribution in [1.29, 1.82) is 0 Å². The summed E-state index contributed by atoms with van der Waals surface area (Å²) < 4.78 is 8.53. The Morgan fingerprint density at radius 1 is 1.17 bits per heavy atom. The number of halogens is 1. The number of aliphatic carboxylic acids is 1. The van der Waals surface area contributed by atoms with Crippen molar-refractivity contribution in [2.75, 3.05) is 18.4 Å². The second-order valence-electron chi connectivity index (χ2n) is 11.9. The molecule has 3 heterocycles. The van der Waals surface area contributed by atoms with Crippen molar-refractivity contribution in [3.8, 4) is 11.1 Å². The van der Waals surface area contributed by atoms with Gasteiger partial charge in [0, 0.05) is 39.3 Å². The predicted molar refractivity (Wildman–Crippen MR) is 166 cm³/mol. The van der Waals surface area contributed by atoms with E-state index in [1.807, 2.05) is 52.0 Å². The fourth-order valence-corrected chi connectivity index (χ4v) is 7.45. The molecule has 3 aromatic carbocycles. The van der Waals surface area contributed by atoms with Crippen LogP contribution in [0.25, 0.3) is 22.2 Å². The molecule has 4 aromatic rings. The van der Waals surface area contributed by atoms with Gasteiger partial charge in [0.05, 0.1) is 16.6 Å². The number of aromatic nitrogens is 2. The molecule has 41 heavy (non-hydrogen) atoms. The molecule has 1 unspecified atom stereocenters. The average Bonchev–Trinajstić information content (AvgIpc) is 3.64. The topological polar surface area (TPSA) is 88.4 Å². The van der Waals surface area contributed by atoms with Crippen molar-refractivity contribution in [1.82, 2.24) is 14.9 Å². The Kier molecular flexibility index (Phi) is 7.30. The lowest BCUT2D eigenvalue weighted by Gasteiger charge is -2.28. The third-order valence-electron chi connectivity index (χ3n) is 7.73. The number of carboxylic acid groups (broad SMARTS) is 1. The number of thioether (sulfide) groups is 1. The molecule has 6 rings (SSSR count). The molecule has 0 saturated carbocycles. The molecule has 0 spiro atoms. The van der Waals surface area contributed by atoms with Crippen LogP contribution in [0.5, 0.6) is 0 Å². The molecule has 0 radical (unpaired) electrons. The Labute approximate surface area is 249 Å². The standard InChI is InChI=1S/C32H35ClN4O3S/c1-17-14-24-29(27(19-6-9-21(33)10-7-19)26(17)28(31(38)39)40-32(3,4)5)41-30(36-24)20-8-11-23-25(15-20)37(18(2)35-23)22-12-13-34-16-22/h6-11,14-15,22,28,30,34,36H,12-13,16H2,1-5H3,(H,38,39)/t22-,28+,30?/m1/s1. The van der Waals surface area contributed by atoms with Crippen LogP contribution in [-0.4, -0.2) is 39.3 Å².